The Kier molecular flexibility index (Phi) is 8.89. The van der Waals surface area contributed by atoms with Crippen molar-refractivity contribution in [2.75, 3.05) is 34.5 Å². The molecule has 0 atom stereocenters. The molecule has 0 saturated heterocycles. The second kappa shape index (κ2) is 11.4. The third-order valence-corrected chi connectivity index (χ3v) is 5.90. The quantitative estimate of drug-likeness (QED) is 0.555. The summed E-state index contributed by atoms with van der Waals surface area (Å²) >= 11 is 0. The van der Waals surface area contributed by atoms with E-state index in [1.54, 1.807) is 48.6 Å². The molecule has 9 heteroatoms. The van der Waals surface area contributed by atoms with E-state index >= 15 is 0 Å². The minimum atomic E-state index is -3.62. The predicted molar refractivity (Wildman–Crippen MR) is 117 cm³/mol. The van der Waals surface area contributed by atoms with Gasteiger partial charge in [0.2, 0.25) is 10.0 Å². The van der Waals surface area contributed by atoms with E-state index in [2.05, 4.69) is 9.46 Å². The average Bonchev–Trinajstić information content (AvgIpc) is 2.76. The lowest BCUT2D eigenvalue weighted by Crippen LogP contribution is -2.26. The van der Waals surface area contributed by atoms with E-state index in [4.69, 9.17) is 14.2 Å². The molecular weight excluding hydrogens is 422 g/mol. The minimum Gasteiger partial charge on any atom is -0.493 e. The van der Waals surface area contributed by atoms with Crippen LogP contribution in [0, 0.1) is 6.92 Å². The third-order valence-electron chi connectivity index (χ3n) is 4.42. The molecule has 0 bridgehead atoms. The van der Waals surface area contributed by atoms with Gasteiger partial charge in [-0.2, -0.15) is 0 Å². The molecule has 8 nitrogen and oxygen atoms in total. The van der Waals surface area contributed by atoms with Crippen molar-refractivity contribution in [2.24, 2.45) is 0 Å². The molecule has 0 aliphatic rings. The van der Waals surface area contributed by atoms with Gasteiger partial charge >= 0.3 is 6.16 Å². The first kappa shape index (κ1) is 24.2. The number of carbonyl (C=O) groups is 1. The number of ether oxygens (including phenoxy) is 4. The lowest BCUT2D eigenvalue weighted by Gasteiger charge is -2.14. The maximum Gasteiger partial charge on any atom is 0.508 e. The molecule has 1 N–H and O–H groups in total. The van der Waals surface area contributed by atoms with E-state index in [0.717, 1.165) is 16.7 Å². The van der Waals surface area contributed by atoms with Crippen LogP contribution in [0.2, 0.25) is 0 Å². The van der Waals surface area contributed by atoms with Gasteiger partial charge in [-0.05, 0) is 54.8 Å². The fourth-order valence-electron chi connectivity index (χ4n) is 2.78. The zero-order valence-electron chi connectivity index (χ0n) is 18.0. The monoisotopic (exact) mass is 449 g/mol. The van der Waals surface area contributed by atoms with Crippen LogP contribution >= 0.6 is 0 Å². The highest BCUT2D eigenvalue weighted by Crippen LogP contribution is 2.31. The number of rotatable bonds is 10. The molecule has 0 aliphatic heterocycles. The van der Waals surface area contributed by atoms with Crippen LogP contribution in [0.5, 0.6) is 11.5 Å². The van der Waals surface area contributed by atoms with Gasteiger partial charge in [-0.25, -0.2) is 17.9 Å². The Morgan fingerprint density at radius 2 is 1.68 bits per heavy atom. The van der Waals surface area contributed by atoms with Crippen LogP contribution in [-0.2, 0) is 25.9 Å². The van der Waals surface area contributed by atoms with E-state index in [9.17, 15) is 13.2 Å². The highest BCUT2D eigenvalue weighted by molar-refractivity contribution is 7.89. The van der Waals surface area contributed by atoms with Crippen LogP contribution in [0.25, 0.3) is 6.08 Å². The highest BCUT2D eigenvalue weighted by Gasteiger charge is 2.15. The van der Waals surface area contributed by atoms with Crippen LogP contribution < -0.4 is 14.2 Å². The Morgan fingerprint density at radius 1 is 1.03 bits per heavy atom. The first-order valence-corrected chi connectivity index (χ1v) is 11.0. The van der Waals surface area contributed by atoms with Gasteiger partial charge in [-0.3, -0.25) is 0 Å². The summed E-state index contributed by atoms with van der Waals surface area (Å²) in [6, 6.07) is 10.2. The molecule has 0 spiro atoms. The molecule has 31 heavy (non-hydrogen) atoms. The molecule has 2 aromatic rings. The van der Waals surface area contributed by atoms with E-state index < -0.39 is 16.2 Å². The summed E-state index contributed by atoms with van der Waals surface area (Å²) in [5.74, 6) is 1.06. The van der Waals surface area contributed by atoms with Gasteiger partial charge in [-0.1, -0.05) is 23.8 Å². The second-order valence-corrected chi connectivity index (χ2v) is 8.30. The summed E-state index contributed by atoms with van der Waals surface area (Å²) in [7, 11) is 0.673. The van der Waals surface area contributed by atoms with Gasteiger partial charge < -0.3 is 18.9 Å². The molecule has 2 aromatic carbocycles. The summed E-state index contributed by atoms with van der Waals surface area (Å²) in [5.41, 5.74) is 2.59. The van der Waals surface area contributed by atoms with Gasteiger partial charge in [0.05, 0.1) is 26.2 Å². The van der Waals surface area contributed by atoms with Crippen LogP contribution in [-0.4, -0.2) is 49.1 Å². The van der Waals surface area contributed by atoms with Crippen LogP contribution in [0.1, 0.15) is 16.7 Å². The first-order valence-electron chi connectivity index (χ1n) is 9.49. The molecule has 0 unspecified atom stereocenters. The molecule has 0 aliphatic carbocycles. The highest BCUT2D eigenvalue weighted by atomic mass is 32.2. The number of hydrogen-bond acceptors (Lipinski definition) is 7. The lowest BCUT2D eigenvalue weighted by molar-refractivity contribution is 0.0819. The van der Waals surface area contributed by atoms with Crippen molar-refractivity contribution in [3.8, 4) is 11.5 Å². The molecule has 168 valence electrons. The minimum absolute atomic E-state index is 0.0283. The lowest BCUT2D eigenvalue weighted by atomic mass is 10.0. The summed E-state index contributed by atoms with van der Waals surface area (Å²) in [6.45, 7) is 2.11. The van der Waals surface area contributed by atoms with E-state index in [1.807, 2.05) is 6.92 Å². The Hall–Kier alpha value is -3.04. The third kappa shape index (κ3) is 7.01. The van der Waals surface area contributed by atoms with Crippen molar-refractivity contribution in [2.45, 2.75) is 18.2 Å². The number of sulfonamides is 1. The van der Waals surface area contributed by atoms with Crippen molar-refractivity contribution < 1.29 is 32.2 Å². The summed E-state index contributed by atoms with van der Waals surface area (Å²) in [5, 5.41) is 0. The smallest absolute Gasteiger partial charge is 0.493 e. The summed E-state index contributed by atoms with van der Waals surface area (Å²) < 4.78 is 47.6. The van der Waals surface area contributed by atoms with Crippen molar-refractivity contribution >= 4 is 22.3 Å². The predicted octanol–water partition coefficient (Wildman–Crippen LogP) is 3.33. The van der Waals surface area contributed by atoms with Gasteiger partial charge in [0.25, 0.3) is 0 Å². The van der Waals surface area contributed by atoms with Crippen molar-refractivity contribution in [1.82, 2.24) is 4.72 Å². The fraction of sp³-hybridized carbons (Fsp3) is 0.318. The SMILES string of the molecule is COC(=O)OC/C=C/c1cc(OC)c(OC)cc1CCNS(=O)(=O)c1ccc(C)cc1. The molecule has 0 fully saturated rings. The number of hydrogen-bond donors (Lipinski definition) is 1. The van der Waals surface area contributed by atoms with Gasteiger partial charge in [0, 0.05) is 6.54 Å². The van der Waals surface area contributed by atoms with Gasteiger partial charge in [0.15, 0.2) is 11.5 Å². The van der Waals surface area contributed by atoms with E-state index in [-0.39, 0.29) is 18.0 Å². The fourth-order valence-corrected chi connectivity index (χ4v) is 3.81. The van der Waals surface area contributed by atoms with Crippen molar-refractivity contribution in [3.63, 3.8) is 0 Å². The number of carbonyl (C=O) groups excluding carboxylic acids is 1. The van der Waals surface area contributed by atoms with Crippen LogP contribution in [0.15, 0.2) is 47.4 Å². The Labute approximate surface area is 182 Å². The Morgan fingerprint density at radius 3 is 2.29 bits per heavy atom. The largest absolute Gasteiger partial charge is 0.508 e. The first-order chi connectivity index (χ1) is 14.8. The molecule has 0 amide bonds. The maximum absolute atomic E-state index is 12.5. The second-order valence-electron chi connectivity index (χ2n) is 6.53. The summed E-state index contributed by atoms with van der Waals surface area (Å²) in [6.07, 6.45) is 3.04. The number of nitrogens with one attached hydrogen (secondary N) is 1. The van der Waals surface area contributed by atoms with Crippen LogP contribution in [0.4, 0.5) is 4.79 Å². The van der Waals surface area contributed by atoms with Crippen LogP contribution in [0.3, 0.4) is 0 Å². The number of benzene rings is 2. The molecule has 0 radical (unpaired) electrons. The zero-order valence-corrected chi connectivity index (χ0v) is 18.8. The van der Waals surface area contributed by atoms with E-state index in [1.165, 1.54) is 21.3 Å². The van der Waals surface area contributed by atoms with E-state index in [0.29, 0.717) is 17.9 Å². The molecular formula is C22H27NO7S. The topological polar surface area (TPSA) is 100 Å². The maximum atomic E-state index is 12.5. The Balaban J connectivity index is 2.16. The molecule has 0 heterocycles. The Bertz CT molecular complexity index is 1010. The standard InChI is InChI=1S/C22H27NO7S/c1-16-7-9-19(10-8-16)31(25,26)23-12-11-18-15-21(28-3)20(27-2)14-17(18)6-5-13-30-22(24)29-4/h5-10,14-15,23H,11-13H2,1-4H3/b6-5+. The average molecular weight is 450 g/mol. The zero-order chi connectivity index (χ0) is 22.9. The van der Waals surface area contributed by atoms with Gasteiger partial charge in [0.1, 0.15) is 6.61 Å². The normalized spacial score (nSPS) is 11.4. The summed E-state index contributed by atoms with van der Waals surface area (Å²) in [4.78, 5) is 11.3. The molecule has 2 rings (SSSR count). The van der Waals surface area contributed by atoms with Gasteiger partial charge in [-0.15, -0.1) is 0 Å². The number of methoxy groups -OCH3 is 3. The number of aryl methyl sites for hydroxylation is 1. The van der Waals surface area contributed by atoms with Crippen molar-refractivity contribution in [3.05, 3.63) is 59.2 Å². The van der Waals surface area contributed by atoms with Crippen molar-refractivity contribution in [1.29, 1.82) is 0 Å². The molecule has 0 aromatic heterocycles. The molecule has 0 saturated carbocycles.